The van der Waals surface area contributed by atoms with Crippen LogP contribution in [0.4, 0.5) is 0 Å². The molecule has 2 aromatic heterocycles. The van der Waals surface area contributed by atoms with E-state index < -0.39 is 5.76 Å². The van der Waals surface area contributed by atoms with Crippen molar-refractivity contribution >= 4 is 0 Å². The molecule has 66 valence electrons. The number of aryl methyl sites for hydroxylation is 1. The molecule has 0 fully saturated rings. The summed E-state index contributed by atoms with van der Waals surface area (Å²) >= 11 is 0. The van der Waals surface area contributed by atoms with Gasteiger partial charge in [-0.1, -0.05) is 0 Å². The minimum atomic E-state index is -0.551. The van der Waals surface area contributed by atoms with Gasteiger partial charge in [-0.05, 0) is 19.1 Å². The number of nitrogens with zero attached hydrogens (tertiary/aromatic N) is 2. The molecule has 0 bridgehead atoms. The molecule has 0 saturated heterocycles. The van der Waals surface area contributed by atoms with Crippen molar-refractivity contribution in [1.82, 2.24) is 15.2 Å². The quantitative estimate of drug-likeness (QED) is 0.697. The van der Waals surface area contributed by atoms with Gasteiger partial charge in [0.15, 0.2) is 0 Å². The molecule has 0 unspecified atom stereocenters. The molecule has 0 radical (unpaired) electrons. The SMILES string of the molecule is Cc1cc(-c2n[nH]c(=O)o2)ccn1. The molecule has 0 spiro atoms. The molecule has 0 aromatic carbocycles. The Labute approximate surface area is 73.4 Å². The third-order valence-electron chi connectivity index (χ3n) is 1.58. The van der Waals surface area contributed by atoms with E-state index in [4.69, 9.17) is 4.42 Å². The lowest BCUT2D eigenvalue weighted by Crippen LogP contribution is -1.93. The Balaban J connectivity index is 2.52. The van der Waals surface area contributed by atoms with Crippen molar-refractivity contribution in [3.8, 4) is 11.5 Å². The number of pyridine rings is 1. The maximum atomic E-state index is 10.6. The van der Waals surface area contributed by atoms with Gasteiger partial charge in [0.2, 0.25) is 5.89 Å². The van der Waals surface area contributed by atoms with Crippen LogP contribution in [0.3, 0.4) is 0 Å². The Morgan fingerprint density at radius 3 is 3.00 bits per heavy atom. The summed E-state index contributed by atoms with van der Waals surface area (Å²) < 4.78 is 4.77. The maximum absolute atomic E-state index is 10.6. The van der Waals surface area contributed by atoms with Crippen LogP contribution in [0.15, 0.2) is 27.5 Å². The van der Waals surface area contributed by atoms with E-state index in [1.807, 2.05) is 6.92 Å². The van der Waals surface area contributed by atoms with Crippen LogP contribution < -0.4 is 5.76 Å². The molecule has 0 aliphatic carbocycles. The van der Waals surface area contributed by atoms with E-state index in [1.165, 1.54) is 0 Å². The van der Waals surface area contributed by atoms with E-state index in [1.54, 1.807) is 18.3 Å². The summed E-state index contributed by atoms with van der Waals surface area (Å²) in [6.07, 6.45) is 1.64. The first-order chi connectivity index (χ1) is 6.25. The molecule has 0 atom stereocenters. The van der Waals surface area contributed by atoms with E-state index in [0.717, 1.165) is 11.3 Å². The molecular weight excluding hydrogens is 170 g/mol. The summed E-state index contributed by atoms with van der Waals surface area (Å²) in [6, 6.07) is 3.52. The van der Waals surface area contributed by atoms with Crippen LogP contribution in [-0.4, -0.2) is 15.2 Å². The Morgan fingerprint density at radius 2 is 2.38 bits per heavy atom. The van der Waals surface area contributed by atoms with Crippen LogP contribution in [0, 0.1) is 6.92 Å². The molecule has 0 aliphatic heterocycles. The van der Waals surface area contributed by atoms with Crippen molar-refractivity contribution < 1.29 is 4.42 Å². The highest BCUT2D eigenvalue weighted by atomic mass is 16.4. The number of H-pyrrole nitrogens is 1. The highest BCUT2D eigenvalue weighted by molar-refractivity contribution is 5.51. The fraction of sp³-hybridized carbons (Fsp3) is 0.125. The number of aromatic amines is 1. The van der Waals surface area contributed by atoms with Gasteiger partial charge in [0.25, 0.3) is 0 Å². The average Bonchev–Trinajstić information content (AvgIpc) is 2.52. The van der Waals surface area contributed by atoms with E-state index in [2.05, 4.69) is 15.2 Å². The van der Waals surface area contributed by atoms with Gasteiger partial charge in [0.05, 0.1) is 0 Å². The molecule has 5 nitrogen and oxygen atoms in total. The molecule has 2 rings (SSSR count). The number of hydrogen-bond donors (Lipinski definition) is 1. The number of rotatable bonds is 1. The molecule has 2 aromatic rings. The van der Waals surface area contributed by atoms with Crippen molar-refractivity contribution in [2.45, 2.75) is 6.92 Å². The fourth-order valence-corrected chi connectivity index (χ4v) is 1.03. The first kappa shape index (κ1) is 7.72. The summed E-state index contributed by atoms with van der Waals surface area (Å²) in [5.41, 5.74) is 1.59. The fourth-order valence-electron chi connectivity index (χ4n) is 1.03. The van der Waals surface area contributed by atoms with Gasteiger partial charge in [-0.25, -0.2) is 9.89 Å². The van der Waals surface area contributed by atoms with Crippen LogP contribution >= 0.6 is 0 Å². The summed E-state index contributed by atoms with van der Waals surface area (Å²) in [6.45, 7) is 1.86. The van der Waals surface area contributed by atoms with Crippen LogP contribution in [0.2, 0.25) is 0 Å². The van der Waals surface area contributed by atoms with Crippen molar-refractivity contribution in [3.05, 3.63) is 34.6 Å². The summed E-state index contributed by atoms with van der Waals surface area (Å²) in [5, 5.41) is 5.89. The zero-order valence-corrected chi connectivity index (χ0v) is 6.94. The molecule has 5 heteroatoms. The molecule has 13 heavy (non-hydrogen) atoms. The van der Waals surface area contributed by atoms with Gasteiger partial charge >= 0.3 is 5.76 Å². The minimum absolute atomic E-state index is 0.288. The largest absolute Gasteiger partial charge is 0.434 e. The zero-order chi connectivity index (χ0) is 9.26. The molecule has 0 aliphatic rings. The first-order valence-electron chi connectivity index (χ1n) is 3.74. The monoisotopic (exact) mass is 177 g/mol. The summed E-state index contributed by atoms with van der Waals surface area (Å²) in [4.78, 5) is 14.7. The van der Waals surface area contributed by atoms with Gasteiger partial charge in [-0.15, -0.1) is 5.10 Å². The second kappa shape index (κ2) is 2.85. The third-order valence-corrected chi connectivity index (χ3v) is 1.58. The van der Waals surface area contributed by atoms with Gasteiger partial charge < -0.3 is 4.42 Å². The van der Waals surface area contributed by atoms with Gasteiger partial charge in [0, 0.05) is 17.5 Å². The smallest absolute Gasteiger partial charge is 0.388 e. The second-order valence-electron chi connectivity index (χ2n) is 2.60. The zero-order valence-electron chi connectivity index (χ0n) is 6.94. The Bertz CT molecular complexity index is 472. The van der Waals surface area contributed by atoms with Gasteiger partial charge in [-0.3, -0.25) is 4.98 Å². The Kier molecular flexibility index (Phi) is 1.70. The molecular formula is C8H7N3O2. The minimum Gasteiger partial charge on any atom is -0.388 e. The predicted octanol–water partition coefficient (Wildman–Crippen LogP) is 0.733. The molecule has 0 amide bonds. The van der Waals surface area contributed by atoms with E-state index >= 15 is 0 Å². The molecule has 1 N–H and O–H groups in total. The number of nitrogens with one attached hydrogen (secondary N) is 1. The van der Waals surface area contributed by atoms with Gasteiger partial charge in [0.1, 0.15) is 0 Å². The predicted molar refractivity (Wildman–Crippen MR) is 45.1 cm³/mol. The molecule has 0 saturated carbocycles. The Hall–Kier alpha value is -1.91. The van der Waals surface area contributed by atoms with Crippen LogP contribution in [0.5, 0.6) is 0 Å². The average molecular weight is 177 g/mol. The summed E-state index contributed by atoms with van der Waals surface area (Å²) in [5.74, 6) is -0.264. The Morgan fingerprint density at radius 1 is 1.54 bits per heavy atom. The van der Waals surface area contributed by atoms with Crippen molar-refractivity contribution in [1.29, 1.82) is 0 Å². The summed E-state index contributed by atoms with van der Waals surface area (Å²) in [7, 11) is 0. The topological polar surface area (TPSA) is 71.8 Å². The highest BCUT2D eigenvalue weighted by Crippen LogP contribution is 2.13. The van der Waals surface area contributed by atoms with Crippen LogP contribution in [-0.2, 0) is 0 Å². The van der Waals surface area contributed by atoms with Crippen molar-refractivity contribution in [2.75, 3.05) is 0 Å². The first-order valence-corrected chi connectivity index (χ1v) is 3.74. The normalized spacial score (nSPS) is 10.2. The highest BCUT2D eigenvalue weighted by Gasteiger charge is 2.04. The van der Waals surface area contributed by atoms with Crippen LogP contribution in [0.1, 0.15) is 5.69 Å². The molecule has 2 heterocycles. The van der Waals surface area contributed by atoms with Crippen molar-refractivity contribution in [3.63, 3.8) is 0 Å². The van der Waals surface area contributed by atoms with Gasteiger partial charge in [-0.2, -0.15) is 0 Å². The maximum Gasteiger partial charge on any atom is 0.434 e. The number of hydrogen-bond acceptors (Lipinski definition) is 4. The lowest BCUT2D eigenvalue weighted by Gasteiger charge is -1.93. The van der Waals surface area contributed by atoms with E-state index in [0.29, 0.717) is 0 Å². The number of aromatic nitrogens is 3. The van der Waals surface area contributed by atoms with Crippen molar-refractivity contribution in [2.24, 2.45) is 0 Å². The second-order valence-corrected chi connectivity index (χ2v) is 2.60. The standard InChI is InChI=1S/C8H7N3O2/c1-5-4-6(2-3-9-5)7-10-11-8(12)13-7/h2-4H,1H3,(H,11,12). The van der Waals surface area contributed by atoms with E-state index in [-0.39, 0.29) is 5.89 Å². The lowest BCUT2D eigenvalue weighted by molar-refractivity contribution is 0.527. The van der Waals surface area contributed by atoms with Crippen LogP contribution in [0.25, 0.3) is 11.5 Å². The van der Waals surface area contributed by atoms with E-state index in [9.17, 15) is 4.79 Å². The lowest BCUT2D eigenvalue weighted by atomic mass is 10.2. The third kappa shape index (κ3) is 1.48.